The number of rotatable bonds is 2. The zero-order chi connectivity index (χ0) is 13.2. The van der Waals surface area contributed by atoms with Crippen LogP contribution in [-0.2, 0) is 6.42 Å². The minimum atomic E-state index is -4.05. The summed E-state index contributed by atoms with van der Waals surface area (Å²) in [6.45, 7) is 2.46. The maximum Gasteiger partial charge on any atom is 0.391 e. The third kappa shape index (κ3) is 3.48. The van der Waals surface area contributed by atoms with Gasteiger partial charge in [0.25, 0.3) is 0 Å². The highest BCUT2D eigenvalue weighted by molar-refractivity contribution is 5.23. The standard InChI is InChI=1S/C14H18F3N/c1-10-3-2-4-11(7-10)8-13-9-12(5-6-18-13)14(15,16)17/h2-4,7,12-13,18H,5-6,8-9H2,1H3. The van der Waals surface area contributed by atoms with E-state index in [0.717, 1.165) is 11.1 Å². The molecule has 4 heteroatoms. The molecule has 2 unspecified atom stereocenters. The van der Waals surface area contributed by atoms with E-state index in [9.17, 15) is 13.2 Å². The maximum atomic E-state index is 12.7. The second-order valence-corrected chi connectivity index (χ2v) is 5.11. The highest BCUT2D eigenvalue weighted by atomic mass is 19.4. The van der Waals surface area contributed by atoms with E-state index in [1.165, 1.54) is 0 Å². The van der Waals surface area contributed by atoms with Gasteiger partial charge in [-0.25, -0.2) is 0 Å². The number of alkyl halides is 3. The average Bonchev–Trinajstić information content (AvgIpc) is 2.28. The van der Waals surface area contributed by atoms with E-state index in [4.69, 9.17) is 0 Å². The van der Waals surface area contributed by atoms with Gasteiger partial charge in [-0.15, -0.1) is 0 Å². The summed E-state index contributed by atoms with van der Waals surface area (Å²) in [7, 11) is 0. The molecule has 1 aromatic rings. The summed E-state index contributed by atoms with van der Waals surface area (Å²) in [4.78, 5) is 0. The molecule has 0 amide bonds. The van der Waals surface area contributed by atoms with Crippen molar-refractivity contribution in [1.29, 1.82) is 0 Å². The molecule has 1 saturated heterocycles. The molecular formula is C14H18F3N. The zero-order valence-electron chi connectivity index (χ0n) is 10.4. The first-order valence-electron chi connectivity index (χ1n) is 6.31. The second-order valence-electron chi connectivity index (χ2n) is 5.11. The molecule has 0 radical (unpaired) electrons. The van der Waals surface area contributed by atoms with Crippen molar-refractivity contribution >= 4 is 0 Å². The van der Waals surface area contributed by atoms with E-state index in [0.29, 0.717) is 13.0 Å². The Hall–Kier alpha value is -1.03. The normalized spacial score (nSPS) is 25.1. The van der Waals surface area contributed by atoms with E-state index in [2.05, 4.69) is 5.32 Å². The van der Waals surface area contributed by atoms with Crippen LogP contribution < -0.4 is 5.32 Å². The zero-order valence-corrected chi connectivity index (χ0v) is 10.4. The number of nitrogens with one attached hydrogen (secondary N) is 1. The van der Waals surface area contributed by atoms with Crippen LogP contribution in [0.25, 0.3) is 0 Å². The quantitative estimate of drug-likeness (QED) is 0.855. The molecule has 1 nitrogen and oxygen atoms in total. The van der Waals surface area contributed by atoms with Gasteiger partial charge in [0.05, 0.1) is 5.92 Å². The van der Waals surface area contributed by atoms with Crippen molar-refractivity contribution in [3.63, 3.8) is 0 Å². The summed E-state index contributed by atoms with van der Waals surface area (Å²) in [6, 6.07) is 7.91. The molecule has 0 spiro atoms. The van der Waals surface area contributed by atoms with Crippen molar-refractivity contribution in [3.05, 3.63) is 35.4 Å². The lowest BCUT2D eigenvalue weighted by Crippen LogP contribution is -2.43. The number of piperidine rings is 1. The fraction of sp³-hybridized carbons (Fsp3) is 0.571. The predicted octanol–water partition coefficient (Wildman–Crippen LogP) is 3.47. The first-order chi connectivity index (χ1) is 8.45. The van der Waals surface area contributed by atoms with Crippen LogP contribution in [0.4, 0.5) is 13.2 Å². The molecule has 18 heavy (non-hydrogen) atoms. The van der Waals surface area contributed by atoms with Gasteiger partial charge in [-0.1, -0.05) is 29.8 Å². The second kappa shape index (κ2) is 5.31. The molecule has 0 saturated carbocycles. The Bertz CT molecular complexity index is 400. The predicted molar refractivity (Wildman–Crippen MR) is 65.5 cm³/mol. The van der Waals surface area contributed by atoms with Crippen LogP contribution in [0.15, 0.2) is 24.3 Å². The van der Waals surface area contributed by atoms with Crippen LogP contribution in [0.3, 0.4) is 0 Å². The number of hydrogen-bond acceptors (Lipinski definition) is 1. The summed E-state index contributed by atoms with van der Waals surface area (Å²) in [5.41, 5.74) is 2.26. The van der Waals surface area contributed by atoms with Crippen molar-refractivity contribution in [2.45, 2.75) is 38.4 Å². The molecule has 0 bridgehead atoms. The number of aryl methyl sites for hydroxylation is 1. The molecule has 1 fully saturated rings. The van der Waals surface area contributed by atoms with Crippen LogP contribution in [0.2, 0.25) is 0 Å². The topological polar surface area (TPSA) is 12.0 Å². The summed E-state index contributed by atoms with van der Waals surface area (Å²) >= 11 is 0. The first kappa shape index (κ1) is 13.4. The fourth-order valence-electron chi connectivity index (χ4n) is 2.58. The van der Waals surface area contributed by atoms with E-state index in [1.807, 2.05) is 31.2 Å². The van der Waals surface area contributed by atoms with Gasteiger partial charge in [0.2, 0.25) is 0 Å². The molecule has 2 rings (SSSR count). The van der Waals surface area contributed by atoms with Gasteiger partial charge in [-0.2, -0.15) is 13.2 Å². The Labute approximate surface area is 105 Å². The van der Waals surface area contributed by atoms with Crippen molar-refractivity contribution < 1.29 is 13.2 Å². The van der Waals surface area contributed by atoms with Gasteiger partial charge in [0.1, 0.15) is 0 Å². The van der Waals surface area contributed by atoms with Crippen molar-refractivity contribution in [2.75, 3.05) is 6.54 Å². The van der Waals surface area contributed by atoms with Crippen LogP contribution in [-0.4, -0.2) is 18.8 Å². The molecule has 0 aliphatic carbocycles. The SMILES string of the molecule is Cc1cccc(CC2CC(C(F)(F)F)CCN2)c1. The van der Waals surface area contributed by atoms with Crippen LogP contribution in [0.1, 0.15) is 24.0 Å². The molecule has 1 aromatic carbocycles. The minimum absolute atomic E-state index is 0.0628. The lowest BCUT2D eigenvalue weighted by atomic mass is 9.88. The molecule has 2 atom stereocenters. The van der Waals surface area contributed by atoms with Crippen LogP contribution in [0, 0.1) is 12.8 Å². The Morgan fingerprint density at radius 3 is 2.78 bits per heavy atom. The molecule has 100 valence electrons. The highest BCUT2D eigenvalue weighted by Gasteiger charge is 2.41. The molecule has 1 aliphatic heterocycles. The molecular weight excluding hydrogens is 239 g/mol. The third-order valence-corrected chi connectivity index (χ3v) is 3.52. The summed E-state index contributed by atoms with van der Waals surface area (Å²) < 4.78 is 38.1. The monoisotopic (exact) mass is 257 g/mol. The number of benzene rings is 1. The van der Waals surface area contributed by atoms with Gasteiger partial charge in [0.15, 0.2) is 0 Å². The average molecular weight is 257 g/mol. The van der Waals surface area contributed by atoms with Gasteiger partial charge in [-0.05, 0) is 38.3 Å². The third-order valence-electron chi connectivity index (χ3n) is 3.52. The van der Waals surface area contributed by atoms with Crippen molar-refractivity contribution in [2.24, 2.45) is 5.92 Å². The lowest BCUT2D eigenvalue weighted by Gasteiger charge is -2.31. The van der Waals surface area contributed by atoms with Crippen LogP contribution in [0.5, 0.6) is 0 Å². The molecule has 1 heterocycles. The number of hydrogen-bond donors (Lipinski definition) is 1. The number of halogens is 3. The molecule has 1 N–H and O–H groups in total. The summed E-state index contributed by atoms with van der Waals surface area (Å²) in [6.07, 6.45) is -2.98. The smallest absolute Gasteiger partial charge is 0.314 e. The molecule has 1 aliphatic rings. The summed E-state index contributed by atoms with van der Waals surface area (Å²) in [5.74, 6) is -1.14. The van der Waals surface area contributed by atoms with E-state index >= 15 is 0 Å². The van der Waals surface area contributed by atoms with Gasteiger partial charge in [0, 0.05) is 6.04 Å². The minimum Gasteiger partial charge on any atom is -0.314 e. The van der Waals surface area contributed by atoms with Crippen molar-refractivity contribution in [3.8, 4) is 0 Å². The Balaban J connectivity index is 1.98. The molecule has 0 aromatic heterocycles. The van der Waals surface area contributed by atoms with Gasteiger partial charge < -0.3 is 5.32 Å². The van der Waals surface area contributed by atoms with E-state index in [1.54, 1.807) is 0 Å². The highest BCUT2D eigenvalue weighted by Crippen LogP contribution is 2.34. The largest absolute Gasteiger partial charge is 0.391 e. The Morgan fingerprint density at radius 2 is 2.11 bits per heavy atom. The van der Waals surface area contributed by atoms with Gasteiger partial charge in [-0.3, -0.25) is 0 Å². The maximum absolute atomic E-state index is 12.7. The first-order valence-corrected chi connectivity index (χ1v) is 6.31. The van der Waals surface area contributed by atoms with Crippen molar-refractivity contribution in [1.82, 2.24) is 5.32 Å². The Kier molecular flexibility index (Phi) is 3.95. The summed E-state index contributed by atoms with van der Waals surface area (Å²) in [5, 5.41) is 3.19. The van der Waals surface area contributed by atoms with Crippen LogP contribution >= 0.6 is 0 Å². The van der Waals surface area contributed by atoms with E-state index in [-0.39, 0.29) is 18.9 Å². The lowest BCUT2D eigenvalue weighted by molar-refractivity contribution is -0.183. The van der Waals surface area contributed by atoms with E-state index < -0.39 is 12.1 Å². The fourth-order valence-corrected chi connectivity index (χ4v) is 2.58. The van der Waals surface area contributed by atoms with Gasteiger partial charge >= 0.3 is 6.18 Å². The Morgan fingerprint density at radius 1 is 1.33 bits per heavy atom.